The van der Waals surface area contributed by atoms with E-state index in [4.69, 9.17) is 39.1 Å². The quantitative estimate of drug-likeness (QED) is 0.0147. The molecule has 1 saturated carbocycles. The van der Waals surface area contributed by atoms with Crippen molar-refractivity contribution in [3.8, 4) is 11.1 Å². The lowest BCUT2D eigenvalue weighted by atomic mass is 9.84. The minimum atomic E-state index is -1.69. The van der Waals surface area contributed by atoms with Gasteiger partial charge in [0.15, 0.2) is 17.9 Å². The van der Waals surface area contributed by atoms with Crippen molar-refractivity contribution in [1.29, 1.82) is 0 Å². The number of carbonyl (C=O) groups excluding carboxylic acids is 10. The summed E-state index contributed by atoms with van der Waals surface area (Å²) in [6, 6.07) is 13.8. The SMILES string of the molecule is NC(N)=NCCCC(NC(=O)C1CC2CCCCC2N1C(=O)C1Cc2ccccc2CN1C(=O)C(CO)NC(=O)C(Cc1cccs1)NC(=O)CNC(=O)C1CC(O)CN1C(=O)C1CCCN1C(=O)C(CCCN=C(N)N)NC(=O)C(CCCN=C(N)N)NC(=O)OCC1c2ccccc2-c2ccccc21)C(=O)O. The van der Waals surface area contributed by atoms with Crippen molar-refractivity contribution >= 4 is 94.4 Å². The number of benzene rings is 3. The summed E-state index contributed by atoms with van der Waals surface area (Å²) in [5.74, 6) is -9.13. The molecule has 4 aliphatic heterocycles. The van der Waals surface area contributed by atoms with Crippen LogP contribution in [-0.4, -0.2) is 237 Å². The average molecular weight is 1530 g/mol. The van der Waals surface area contributed by atoms with Crippen LogP contribution >= 0.6 is 11.3 Å². The first-order valence-corrected chi connectivity index (χ1v) is 37.9. The zero-order chi connectivity index (χ0) is 78.0. The maximum Gasteiger partial charge on any atom is 0.407 e. The highest BCUT2D eigenvalue weighted by Crippen LogP contribution is 2.45. The number of carboxylic acid groups (broad SMARTS) is 1. The number of likely N-dealkylation sites (tertiary alicyclic amines) is 3. The van der Waals surface area contributed by atoms with E-state index < -0.39 is 145 Å². The van der Waals surface area contributed by atoms with E-state index in [9.17, 15) is 58.5 Å². The molecule has 4 fully saturated rings. The fraction of sp³-hybridized carbons (Fsp3) is 0.514. The topological polar surface area (TPSA) is 536 Å². The van der Waals surface area contributed by atoms with Crippen LogP contribution in [0.1, 0.15) is 123 Å². The van der Waals surface area contributed by atoms with Crippen molar-refractivity contribution in [3.63, 3.8) is 0 Å². The lowest BCUT2D eigenvalue weighted by Crippen LogP contribution is -2.63. The molecule has 0 bridgehead atoms. The second-order valence-electron chi connectivity index (χ2n) is 28.3. The van der Waals surface area contributed by atoms with Gasteiger partial charge in [0.2, 0.25) is 53.2 Å². The van der Waals surface area contributed by atoms with Crippen LogP contribution in [0.4, 0.5) is 4.79 Å². The Morgan fingerprint density at radius 1 is 0.569 bits per heavy atom. The number of thiophene rings is 1. The number of amides is 10. The summed E-state index contributed by atoms with van der Waals surface area (Å²) in [5, 5.41) is 49.9. The maximum atomic E-state index is 15.4. The Hall–Kier alpha value is -10.9. The highest BCUT2D eigenvalue weighted by Gasteiger charge is 2.52. The summed E-state index contributed by atoms with van der Waals surface area (Å²) < 4.78 is 5.81. The van der Waals surface area contributed by atoms with Crippen molar-refractivity contribution < 1.29 is 72.8 Å². The first kappa shape index (κ1) is 80.6. The number of carboxylic acids is 1. The molecule has 6 aliphatic rings. The van der Waals surface area contributed by atoms with E-state index in [2.05, 4.69) is 46.9 Å². The maximum absolute atomic E-state index is 15.4. The van der Waals surface area contributed by atoms with Crippen LogP contribution in [0.2, 0.25) is 0 Å². The molecule has 10 rings (SSSR count). The molecule has 0 spiro atoms. The third kappa shape index (κ3) is 20.5. The van der Waals surface area contributed by atoms with Gasteiger partial charge in [0.25, 0.3) is 0 Å². The Morgan fingerprint density at radius 2 is 1.17 bits per heavy atom. The van der Waals surface area contributed by atoms with Crippen LogP contribution in [-0.2, 0) is 72.1 Å². The Morgan fingerprint density at radius 3 is 1.80 bits per heavy atom. The molecule has 0 radical (unpaired) electrons. The van der Waals surface area contributed by atoms with Crippen molar-refractivity contribution in [2.45, 2.75) is 182 Å². The lowest BCUT2D eigenvalue weighted by molar-refractivity contribution is -0.153. The number of hydrogen-bond donors (Lipinski definition) is 15. The smallest absolute Gasteiger partial charge is 0.407 e. The number of rotatable bonds is 33. The predicted molar refractivity (Wildman–Crippen MR) is 402 cm³/mol. The summed E-state index contributed by atoms with van der Waals surface area (Å²) in [4.78, 5) is 176. The highest BCUT2D eigenvalue weighted by atomic mass is 32.1. The number of guanidine groups is 3. The Bertz CT molecular complexity index is 4010. The lowest BCUT2D eigenvalue weighted by Gasteiger charge is -2.42. The van der Waals surface area contributed by atoms with Crippen molar-refractivity contribution in [3.05, 3.63) is 117 Å². The van der Waals surface area contributed by atoms with E-state index in [0.717, 1.165) is 45.6 Å². The molecule has 4 aromatic rings. The number of carbonyl (C=O) groups is 11. The van der Waals surface area contributed by atoms with Gasteiger partial charge in [0.1, 0.15) is 61.0 Å². The molecular formula is C74H99N19O15S. The first-order chi connectivity index (χ1) is 52.4. The standard InChI is InChI=1S/C74H99N19O15S/c75-71(76)81-27-9-22-51(89-74(107)108-40-50-48-20-6-4-18-46(48)47-19-5-7-21-49(47)50)62(97)86-52(23-10-28-82-72(77)78)66(101)90-30-12-26-57(90)68(103)92-38-44(95)34-58(92)64(99)84-36-61(96)85-54(35-45-17-13-31-109-45)63(98)88-55(39-94)67(102)91-37-43-16-2-1-14-41(43)32-60(91)69(104)93-56-25-8-3-15-42(56)33-59(93)65(100)87-53(70(105)106)24-11-29-83-73(79)80/h1-2,4-7,13-14,16-21,31,42,44,50-60,94-95H,3,8-12,15,22-30,32-40H2,(H,84,99)(H,85,96)(H,86,97)(H,87,100)(H,88,98)(H,89,107)(H,105,106)(H4,75,76,81)(H4,77,78,82)(H4,79,80,83). The number of aliphatic carboxylic acids is 1. The van der Waals surface area contributed by atoms with Gasteiger partial charge in [-0.2, -0.15) is 0 Å². The first-order valence-electron chi connectivity index (χ1n) is 37.0. The largest absolute Gasteiger partial charge is 0.480 e. The molecule has 12 atom stereocenters. The number of nitrogens with zero attached hydrogens (tertiary/aromatic N) is 7. The van der Waals surface area contributed by atoms with Gasteiger partial charge >= 0.3 is 12.1 Å². The molecule has 35 heteroatoms. The molecule has 2 aliphatic carbocycles. The second-order valence-corrected chi connectivity index (χ2v) is 29.4. The molecule has 34 nitrogen and oxygen atoms in total. The fourth-order valence-electron chi connectivity index (χ4n) is 15.8. The summed E-state index contributed by atoms with van der Waals surface area (Å²) >= 11 is 1.26. The number of fused-ring (bicyclic) bond motifs is 5. The third-order valence-electron chi connectivity index (χ3n) is 21.0. The van der Waals surface area contributed by atoms with Crippen LogP contribution < -0.4 is 66.3 Å². The highest BCUT2D eigenvalue weighted by molar-refractivity contribution is 7.09. The molecule has 3 saturated heterocycles. The van der Waals surface area contributed by atoms with Crippen LogP contribution in [0.15, 0.2) is 105 Å². The Kier molecular flexibility index (Phi) is 27.9. The third-order valence-corrected chi connectivity index (χ3v) is 21.9. The van der Waals surface area contributed by atoms with Gasteiger partial charge in [-0.25, -0.2) is 9.59 Å². The number of ether oxygens (including phenoxy) is 1. The summed E-state index contributed by atoms with van der Waals surface area (Å²) in [6.07, 6.45) is 1.64. The van der Waals surface area contributed by atoms with Gasteiger partial charge in [-0.1, -0.05) is 91.7 Å². The van der Waals surface area contributed by atoms with E-state index >= 15 is 9.59 Å². The number of aliphatic hydroxyl groups is 2. The summed E-state index contributed by atoms with van der Waals surface area (Å²) in [5.41, 5.74) is 38.7. The monoisotopic (exact) mass is 1530 g/mol. The van der Waals surface area contributed by atoms with E-state index in [-0.39, 0.29) is 146 Å². The van der Waals surface area contributed by atoms with Gasteiger partial charge in [-0.3, -0.25) is 58.1 Å². The van der Waals surface area contributed by atoms with Crippen LogP contribution in [0.3, 0.4) is 0 Å². The average Bonchev–Trinajstić information content (AvgIpc) is 1.66. The normalized spacial score (nSPS) is 21.1. The minimum Gasteiger partial charge on any atom is -0.480 e. The zero-order valence-electron chi connectivity index (χ0n) is 60.6. The summed E-state index contributed by atoms with van der Waals surface area (Å²) in [6.45, 7) is -1.92. The number of nitrogens with one attached hydrogen (secondary N) is 6. The van der Waals surface area contributed by atoms with E-state index in [1.54, 1.807) is 35.7 Å². The van der Waals surface area contributed by atoms with Gasteiger partial charge < -0.3 is 106 Å². The van der Waals surface area contributed by atoms with Crippen molar-refractivity contribution in [2.75, 3.05) is 52.5 Å². The number of nitrogens with two attached hydrogens (primary N) is 6. The molecule has 109 heavy (non-hydrogen) atoms. The molecular weight excluding hydrogens is 1430 g/mol. The number of aliphatic imine (C=N–C) groups is 3. The van der Waals surface area contributed by atoms with Gasteiger partial charge in [0, 0.05) is 75.4 Å². The number of β-amino-alcohol motifs (C(OH)–C–C–N with tert-alkyl or cyclic N) is 1. The van der Waals surface area contributed by atoms with E-state index in [1.165, 1.54) is 26.0 Å². The molecule has 1 aromatic heterocycles. The van der Waals surface area contributed by atoms with Crippen LogP contribution in [0.5, 0.6) is 0 Å². The summed E-state index contributed by atoms with van der Waals surface area (Å²) in [7, 11) is 0. The van der Waals surface area contributed by atoms with Gasteiger partial charge in [0.05, 0.1) is 19.3 Å². The second kappa shape index (κ2) is 37.7. The molecule has 586 valence electrons. The van der Waals surface area contributed by atoms with E-state index in [0.29, 0.717) is 29.7 Å². The van der Waals surface area contributed by atoms with E-state index in [1.807, 2.05) is 54.6 Å². The number of alkyl carbamates (subject to hydrolysis) is 1. The minimum absolute atomic E-state index is 0.00212. The van der Waals surface area contributed by atoms with Gasteiger partial charge in [-0.15, -0.1) is 11.3 Å². The Balaban J connectivity index is 0.790. The van der Waals surface area contributed by atoms with Crippen LogP contribution in [0, 0.1) is 5.92 Å². The Labute approximate surface area is 634 Å². The number of hydrogen-bond acceptors (Lipinski definition) is 18. The van der Waals surface area contributed by atoms with Crippen molar-refractivity contribution in [1.82, 2.24) is 51.5 Å². The molecule has 10 amide bonds. The van der Waals surface area contributed by atoms with Crippen molar-refractivity contribution in [2.24, 2.45) is 55.3 Å². The number of aliphatic hydroxyl groups excluding tert-OH is 2. The molecule has 12 unspecified atom stereocenters. The van der Waals surface area contributed by atoms with Gasteiger partial charge in [-0.05, 0) is 121 Å². The molecule has 21 N–H and O–H groups in total. The fourth-order valence-corrected chi connectivity index (χ4v) is 16.5. The predicted octanol–water partition coefficient (Wildman–Crippen LogP) is -1.44. The van der Waals surface area contributed by atoms with Crippen LogP contribution in [0.25, 0.3) is 11.1 Å². The molecule has 3 aromatic carbocycles. The molecule has 5 heterocycles. The zero-order valence-corrected chi connectivity index (χ0v) is 61.4.